The number of ether oxygens (including phenoxy) is 1. The molecule has 146 valence electrons. The van der Waals surface area contributed by atoms with Crippen molar-refractivity contribution in [3.63, 3.8) is 0 Å². The molecule has 10 nitrogen and oxygen atoms in total. The normalized spacial score (nSPS) is 15.2. The smallest absolute Gasteiger partial charge is 0.232 e. The minimum atomic E-state index is 0.541. The first-order valence-electron chi connectivity index (χ1n) is 8.65. The Balaban J connectivity index is 1.58. The summed E-state index contributed by atoms with van der Waals surface area (Å²) in [5, 5.41) is 11.6. The van der Waals surface area contributed by atoms with E-state index in [0.717, 1.165) is 48.3 Å². The molecule has 1 fully saturated rings. The van der Waals surface area contributed by atoms with Crippen molar-refractivity contribution in [2.45, 2.75) is 13.5 Å². The van der Waals surface area contributed by atoms with Gasteiger partial charge in [0, 0.05) is 40.3 Å². The molecule has 0 spiro atoms. The summed E-state index contributed by atoms with van der Waals surface area (Å²) in [6.07, 6.45) is 1.72. The van der Waals surface area contributed by atoms with Gasteiger partial charge in [-0.2, -0.15) is 4.98 Å². The quantitative estimate of drug-likeness (QED) is 0.547. The second kappa shape index (κ2) is 8.51. The van der Waals surface area contributed by atoms with Gasteiger partial charge >= 0.3 is 0 Å². The largest absolute Gasteiger partial charge is 0.480 e. The minimum Gasteiger partial charge on any atom is -0.480 e. The molecule has 27 heavy (non-hydrogen) atoms. The molecule has 1 saturated heterocycles. The van der Waals surface area contributed by atoms with Gasteiger partial charge in [0.2, 0.25) is 11.8 Å². The van der Waals surface area contributed by atoms with E-state index < -0.39 is 0 Å². The van der Waals surface area contributed by atoms with Crippen LogP contribution in [0.5, 0.6) is 5.88 Å². The van der Waals surface area contributed by atoms with Crippen LogP contribution in [0.1, 0.15) is 11.6 Å². The summed E-state index contributed by atoms with van der Waals surface area (Å²) < 4.78 is 7.98. The average molecular weight is 438 g/mol. The van der Waals surface area contributed by atoms with Gasteiger partial charge in [-0.3, -0.25) is 4.99 Å². The Hall–Kier alpha value is -2.43. The van der Waals surface area contributed by atoms with Crippen LogP contribution in [0.15, 0.2) is 15.7 Å². The summed E-state index contributed by atoms with van der Waals surface area (Å²) in [4.78, 5) is 17.6. The highest BCUT2D eigenvalue weighted by atomic mass is 79.9. The summed E-state index contributed by atoms with van der Waals surface area (Å²) >= 11 is 3.38. The first-order valence-corrected chi connectivity index (χ1v) is 9.44. The van der Waals surface area contributed by atoms with E-state index in [1.54, 1.807) is 20.4 Å². The van der Waals surface area contributed by atoms with Crippen molar-refractivity contribution in [2.24, 2.45) is 12.0 Å². The zero-order chi connectivity index (χ0) is 19.4. The van der Waals surface area contributed by atoms with Gasteiger partial charge in [-0.1, -0.05) is 0 Å². The maximum absolute atomic E-state index is 5.26. The van der Waals surface area contributed by atoms with Gasteiger partial charge in [0.15, 0.2) is 11.8 Å². The monoisotopic (exact) mass is 437 g/mol. The Morgan fingerprint density at radius 2 is 2.04 bits per heavy atom. The lowest BCUT2D eigenvalue weighted by Crippen LogP contribution is -2.52. The maximum Gasteiger partial charge on any atom is 0.232 e. The molecule has 11 heteroatoms. The minimum absolute atomic E-state index is 0.541. The lowest BCUT2D eigenvalue weighted by atomic mass is 10.3. The lowest BCUT2D eigenvalue weighted by Gasteiger charge is -2.36. The van der Waals surface area contributed by atoms with Gasteiger partial charge in [-0.05, 0) is 22.9 Å². The third kappa shape index (κ3) is 4.29. The van der Waals surface area contributed by atoms with E-state index in [9.17, 15) is 0 Å². The summed E-state index contributed by atoms with van der Waals surface area (Å²) in [5.74, 6) is 3.83. The number of methoxy groups -OCH3 is 1. The number of aryl methyl sites for hydroxylation is 1. The summed E-state index contributed by atoms with van der Waals surface area (Å²) in [5.41, 5.74) is 0. The molecule has 2 aromatic rings. The fraction of sp³-hybridized carbons (Fsp3) is 0.562. The molecule has 0 atom stereocenters. The van der Waals surface area contributed by atoms with Crippen molar-refractivity contribution in [2.75, 3.05) is 45.2 Å². The van der Waals surface area contributed by atoms with Gasteiger partial charge in [0.05, 0.1) is 24.3 Å². The van der Waals surface area contributed by atoms with Gasteiger partial charge in [-0.25, -0.2) is 4.98 Å². The topological polar surface area (TPSA) is 96.6 Å². The number of guanidine groups is 1. The highest BCUT2D eigenvalue weighted by Crippen LogP contribution is 2.23. The predicted molar refractivity (Wildman–Crippen MR) is 106 cm³/mol. The number of halogens is 1. The van der Waals surface area contributed by atoms with E-state index in [2.05, 4.69) is 56.2 Å². The van der Waals surface area contributed by atoms with Crippen molar-refractivity contribution in [1.29, 1.82) is 0 Å². The molecule has 0 bridgehead atoms. The molecule has 0 saturated carbocycles. The van der Waals surface area contributed by atoms with Crippen molar-refractivity contribution in [1.82, 2.24) is 34.9 Å². The highest BCUT2D eigenvalue weighted by molar-refractivity contribution is 9.10. The summed E-state index contributed by atoms with van der Waals surface area (Å²) in [6, 6.07) is 0. The number of nitrogens with one attached hydrogen (secondary N) is 1. The zero-order valence-corrected chi connectivity index (χ0v) is 17.6. The van der Waals surface area contributed by atoms with Crippen molar-refractivity contribution in [3.8, 4) is 5.88 Å². The fourth-order valence-corrected chi connectivity index (χ4v) is 3.20. The molecule has 1 N–H and O–H groups in total. The van der Waals surface area contributed by atoms with Crippen LogP contribution in [0.25, 0.3) is 0 Å². The molecule has 1 aliphatic heterocycles. The van der Waals surface area contributed by atoms with Gasteiger partial charge in [0.1, 0.15) is 5.82 Å². The van der Waals surface area contributed by atoms with E-state index in [-0.39, 0.29) is 0 Å². The number of rotatable bonds is 4. The number of nitrogens with zero attached hydrogens (tertiary/aromatic N) is 8. The fourth-order valence-electron chi connectivity index (χ4n) is 2.85. The summed E-state index contributed by atoms with van der Waals surface area (Å²) in [7, 11) is 5.35. The Labute approximate surface area is 166 Å². The molecular formula is C16H24BrN9O. The van der Waals surface area contributed by atoms with Crippen LogP contribution < -0.4 is 15.0 Å². The van der Waals surface area contributed by atoms with Crippen LogP contribution >= 0.6 is 15.9 Å². The van der Waals surface area contributed by atoms with Crippen molar-refractivity contribution < 1.29 is 4.74 Å². The Morgan fingerprint density at radius 1 is 1.30 bits per heavy atom. The van der Waals surface area contributed by atoms with Gasteiger partial charge in [0.25, 0.3) is 0 Å². The second-order valence-electron chi connectivity index (χ2n) is 6.12. The van der Waals surface area contributed by atoms with Crippen LogP contribution in [0, 0.1) is 6.92 Å². The Kier molecular flexibility index (Phi) is 6.09. The molecule has 2 aromatic heterocycles. The molecule has 0 aliphatic carbocycles. The number of hydrogen-bond donors (Lipinski definition) is 1. The Bertz CT molecular complexity index is 814. The van der Waals surface area contributed by atoms with Crippen molar-refractivity contribution in [3.05, 3.63) is 22.3 Å². The molecule has 0 aromatic carbocycles. The third-order valence-electron chi connectivity index (χ3n) is 4.55. The number of aromatic nitrogens is 5. The maximum atomic E-state index is 5.26. The summed E-state index contributed by atoms with van der Waals surface area (Å²) in [6.45, 7) is 5.75. The van der Waals surface area contributed by atoms with Crippen molar-refractivity contribution >= 4 is 27.8 Å². The van der Waals surface area contributed by atoms with Crippen LogP contribution in [-0.2, 0) is 13.6 Å². The molecule has 1 aliphatic rings. The average Bonchev–Trinajstić information content (AvgIpc) is 3.01. The van der Waals surface area contributed by atoms with E-state index in [4.69, 9.17) is 4.74 Å². The number of aliphatic imine (C=N–C) groups is 1. The standard InChI is InChI=1S/C16H24BrN9O/c1-11-22-23-13(24(11)3)10-20-15(18-2)25-5-7-26(8-6-25)16-19-9-12(17)14(21-16)27-4/h9H,5-8,10H2,1-4H3,(H,18,20). The van der Waals surface area contributed by atoms with E-state index in [0.29, 0.717) is 18.4 Å². The predicted octanol–water partition coefficient (Wildman–Crippen LogP) is 0.582. The number of piperazine rings is 1. The second-order valence-corrected chi connectivity index (χ2v) is 6.98. The first-order chi connectivity index (χ1) is 13.0. The highest BCUT2D eigenvalue weighted by Gasteiger charge is 2.22. The van der Waals surface area contributed by atoms with E-state index in [1.807, 2.05) is 18.5 Å². The van der Waals surface area contributed by atoms with Crippen LogP contribution in [0.2, 0.25) is 0 Å². The molecule has 0 amide bonds. The third-order valence-corrected chi connectivity index (χ3v) is 5.10. The van der Waals surface area contributed by atoms with Crippen LogP contribution in [0.3, 0.4) is 0 Å². The number of hydrogen-bond acceptors (Lipinski definition) is 7. The SMILES string of the molecule is CN=C(NCc1nnc(C)n1C)N1CCN(c2ncc(Br)c(OC)n2)CC1. The first kappa shape index (κ1) is 19.3. The van der Waals surface area contributed by atoms with Gasteiger partial charge in [-0.15, -0.1) is 10.2 Å². The van der Waals surface area contributed by atoms with Gasteiger partial charge < -0.3 is 24.4 Å². The van der Waals surface area contributed by atoms with E-state index >= 15 is 0 Å². The molecular weight excluding hydrogens is 414 g/mol. The Morgan fingerprint density at radius 3 is 2.63 bits per heavy atom. The van der Waals surface area contributed by atoms with Crippen LogP contribution in [0.4, 0.5) is 5.95 Å². The zero-order valence-electron chi connectivity index (χ0n) is 16.0. The molecule has 0 radical (unpaired) electrons. The molecule has 0 unspecified atom stereocenters. The number of anilines is 1. The molecule has 3 rings (SSSR count). The van der Waals surface area contributed by atoms with Crippen LogP contribution in [-0.4, -0.2) is 75.9 Å². The molecule has 3 heterocycles. The lowest BCUT2D eigenvalue weighted by molar-refractivity contribution is 0.365. The van der Waals surface area contributed by atoms with E-state index in [1.165, 1.54) is 0 Å².